The maximum Gasteiger partial charge on any atom is 0.0963 e. The summed E-state index contributed by atoms with van der Waals surface area (Å²) in [5.41, 5.74) is 7.63. The van der Waals surface area contributed by atoms with Crippen molar-refractivity contribution in [1.29, 1.82) is 0 Å². The van der Waals surface area contributed by atoms with Crippen LogP contribution in [0.25, 0.3) is 0 Å². The fraction of sp³-hybridized carbons (Fsp3) is 0.286. The van der Waals surface area contributed by atoms with Crippen molar-refractivity contribution in [2.75, 3.05) is 7.05 Å². The predicted octanol–water partition coefficient (Wildman–Crippen LogP) is 3.03. The van der Waals surface area contributed by atoms with Crippen LogP contribution in [0.15, 0.2) is 60.0 Å². The summed E-state index contributed by atoms with van der Waals surface area (Å²) in [6.07, 6.45) is 13.0. The van der Waals surface area contributed by atoms with Crippen LogP contribution >= 0.6 is 0 Å². The van der Waals surface area contributed by atoms with Gasteiger partial charge in [-0.3, -0.25) is 0 Å². The van der Waals surface area contributed by atoms with Gasteiger partial charge in [0.05, 0.1) is 5.82 Å². The zero-order valence-electron chi connectivity index (χ0n) is 10.5. The first-order valence-electron chi connectivity index (χ1n) is 5.49. The van der Waals surface area contributed by atoms with E-state index in [4.69, 9.17) is 5.73 Å². The summed E-state index contributed by atoms with van der Waals surface area (Å²) in [7, 11) is 1.79. The molecule has 0 aromatic heterocycles. The van der Waals surface area contributed by atoms with E-state index in [1.165, 1.54) is 0 Å². The van der Waals surface area contributed by atoms with E-state index in [-0.39, 0.29) is 0 Å². The van der Waals surface area contributed by atoms with Gasteiger partial charge in [-0.2, -0.15) is 0 Å². The molecule has 3 N–H and O–H groups in total. The minimum atomic E-state index is 0.613. The van der Waals surface area contributed by atoms with Crippen molar-refractivity contribution >= 4 is 0 Å². The van der Waals surface area contributed by atoms with Gasteiger partial charge in [0, 0.05) is 7.05 Å². The molecule has 0 aliphatic heterocycles. The molecule has 0 spiro atoms. The number of allylic oxidation sites excluding steroid dienone is 8. The Balaban J connectivity index is 4.59. The third-order valence-electron chi connectivity index (χ3n) is 2.06. The molecule has 0 aromatic carbocycles. The molecule has 88 valence electrons. The Morgan fingerprint density at radius 3 is 2.56 bits per heavy atom. The van der Waals surface area contributed by atoms with Crippen LogP contribution in [-0.2, 0) is 0 Å². The Labute approximate surface area is 98.9 Å². The molecule has 2 heteroatoms. The highest BCUT2D eigenvalue weighted by Crippen LogP contribution is 2.11. The third kappa shape index (κ3) is 5.91. The van der Waals surface area contributed by atoms with Crippen LogP contribution < -0.4 is 11.1 Å². The molecular formula is C14H22N2. The van der Waals surface area contributed by atoms with Crippen molar-refractivity contribution in [3.8, 4) is 0 Å². The molecule has 0 unspecified atom stereocenters. The van der Waals surface area contributed by atoms with E-state index in [2.05, 4.69) is 24.9 Å². The molecule has 0 saturated heterocycles. The normalized spacial score (nSPS) is 13.7. The molecular weight excluding hydrogens is 196 g/mol. The lowest BCUT2D eigenvalue weighted by atomic mass is 10.1. The fourth-order valence-corrected chi connectivity index (χ4v) is 1.11. The lowest BCUT2D eigenvalue weighted by molar-refractivity contribution is 0.963. The van der Waals surface area contributed by atoms with E-state index < -0.39 is 0 Å². The summed E-state index contributed by atoms with van der Waals surface area (Å²) in [6, 6.07) is 0. The van der Waals surface area contributed by atoms with Crippen molar-refractivity contribution in [3.63, 3.8) is 0 Å². The summed E-state index contributed by atoms with van der Waals surface area (Å²) in [5.74, 6) is 0.613. The maximum atomic E-state index is 5.67. The molecule has 0 bridgehead atoms. The zero-order chi connectivity index (χ0) is 12.4. The molecule has 0 rings (SSSR count). The summed E-state index contributed by atoms with van der Waals surface area (Å²) in [6.45, 7) is 8.06. The third-order valence-corrected chi connectivity index (χ3v) is 2.06. The average molecular weight is 218 g/mol. The van der Waals surface area contributed by atoms with E-state index in [1.807, 2.05) is 37.3 Å². The first kappa shape index (κ1) is 14.3. The zero-order valence-corrected chi connectivity index (χ0v) is 10.5. The highest BCUT2D eigenvalue weighted by Gasteiger charge is 1.95. The van der Waals surface area contributed by atoms with Crippen LogP contribution in [-0.4, -0.2) is 7.05 Å². The molecule has 0 amide bonds. The monoisotopic (exact) mass is 218 g/mol. The van der Waals surface area contributed by atoms with Crippen LogP contribution in [0.5, 0.6) is 0 Å². The highest BCUT2D eigenvalue weighted by molar-refractivity contribution is 5.45. The quantitative estimate of drug-likeness (QED) is 0.672. The summed E-state index contributed by atoms with van der Waals surface area (Å²) in [5, 5.41) is 2.86. The summed E-state index contributed by atoms with van der Waals surface area (Å²) >= 11 is 0. The van der Waals surface area contributed by atoms with Gasteiger partial charge in [-0.25, -0.2) is 0 Å². The van der Waals surface area contributed by atoms with Gasteiger partial charge in [-0.05, 0) is 30.6 Å². The second kappa shape index (κ2) is 8.60. The van der Waals surface area contributed by atoms with E-state index in [1.54, 1.807) is 7.05 Å². The standard InChI is InChI=1S/C14H22N2/c1-5-7-8-9-10-13(6-2)12(3)11-14(15)16-4/h6-11,16H,3,5,15H2,1-2,4H3/b8-7-,10-9-,13-6+,14-11-. The summed E-state index contributed by atoms with van der Waals surface area (Å²) in [4.78, 5) is 0. The van der Waals surface area contributed by atoms with Gasteiger partial charge in [0.25, 0.3) is 0 Å². The molecule has 0 radical (unpaired) electrons. The second-order valence-electron chi connectivity index (χ2n) is 3.31. The minimum absolute atomic E-state index is 0.613. The number of rotatable bonds is 6. The van der Waals surface area contributed by atoms with Crippen molar-refractivity contribution in [1.82, 2.24) is 5.32 Å². The molecule has 0 aromatic rings. The number of hydrogen-bond donors (Lipinski definition) is 2. The first-order chi connectivity index (χ1) is 7.65. The van der Waals surface area contributed by atoms with Gasteiger partial charge in [0.15, 0.2) is 0 Å². The Hall–Kier alpha value is -1.70. The van der Waals surface area contributed by atoms with E-state index in [9.17, 15) is 0 Å². The topological polar surface area (TPSA) is 38.0 Å². The Bertz CT molecular complexity index is 331. The highest BCUT2D eigenvalue weighted by atomic mass is 14.9. The van der Waals surface area contributed by atoms with Gasteiger partial charge in [-0.15, -0.1) is 0 Å². The van der Waals surface area contributed by atoms with Crippen molar-refractivity contribution < 1.29 is 0 Å². The Morgan fingerprint density at radius 1 is 1.38 bits per heavy atom. The van der Waals surface area contributed by atoms with Gasteiger partial charge < -0.3 is 11.1 Å². The fourth-order valence-electron chi connectivity index (χ4n) is 1.11. The maximum absolute atomic E-state index is 5.67. The molecule has 0 saturated carbocycles. The van der Waals surface area contributed by atoms with Gasteiger partial charge >= 0.3 is 0 Å². The van der Waals surface area contributed by atoms with E-state index in [0.717, 1.165) is 17.6 Å². The first-order valence-corrected chi connectivity index (χ1v) is 5.49. The molecule has 16 heavy (non-hydrogen) atoms. The van der Waals surface area contributed by atoms with E-state index >= 15 is 0 Å². The number of hydrogen-bond acceptors (Lipinski definition) is 2. The smallest absolute Gasteiger partial charge is 0.0963 e. The van der Waals surface area contributed by atoms with Gasteiger partial charge in [-0.1, -0.05) is 43.9 Å². The van der Waals surface area contributed by atoms with Crippen LogP contribution in [0, 0.1) is 0 Å². The van der Waals surface area contributed by atoms with Crippen molar-refractivity contribution in [2.45, 2.75) is 20.3 Å². The largest absolute Gasteiger partial charge is 0.386 e. The minimum Gasteiger partial charge on any atom is -0.386 e. The molecule has 0 fully saturated rings. The second-order valence-corrected chi connectivity index (χ2v) is 3.31. The van der Waals surface area contributed by atoms with Gasteiger partial charge in [0.2, 0.25) is 0 Å². The van der Waals surface area contributed by atoms with Crippen LogP contribution in [0.4, 0.5) is 0 Å². The molecule has 0 atom stereocenters. The average Bonchev–Trinajstić information content (AvgIpc) is 2.28. The van der Waals surface area contributed by atoms with Crippen LogP contribution in [0.2, 0.25) is 0 Å². The number of nitrogens with one attached hydrogen (secondary N) is 1. The van der Waals surface area contributed by atoms with E-state index in [0.29, 0.717) is 5.82 Å². The SMILES string of the molecule is C=C(/C=C(/N)NC)C(/C=C\C=C/CC)=C/C. The van der Waals surface area contributed by atoms with Crippen LogP contribution in [0.1, 0.15) is 20.3 Å². The summed E-state index contributed by atoms with van der Waals surface area (Å²) < 4.78 is 0. The lowest BCUT2D eigenvalue weighted by Gasteiger charge is -2.03. The molecule has 2 nitrogen and oxygen atoms in total. The molecule has 0 aliphatic rings. The van der Waals surface area contributed by atoms with Crippen LogP contribution in [0.3, 0.4) is 0 Å². The molecule has 0 heterocycles. The van der Waals surface area contributed by atoms with Crippen molar-refractivity contribution in [3.05, 3.63) is 60.0 Å². The number of nitrogens with two attached hydrogens (primary N) is 1. The Kier molecular flexibility index (Phi) is 7.68. The lowest BCUT2D eigenvalue weighted by Crippen LogP contribution is -2.14. The van der Waals surface area contributed by atoms with Crippen molar-refractivity contribution in [2.24, 2.45) is 5.73 Å². The van der Waals surface area contributed by atoms with Gasteiger partial charge in [0.1, 0.15) is 0 Å². The molecule has 0 aliphatic carbocycles. The predicted molar refractivity (Wildman–Crippen MR) is 72.8 cm³/mol. The Morgan fingerprint density at radius 2 is 2.06 bits per heavy atom.